The number of allylic oxidation sites excluding steroid dienone is 10. The van der Waals surface area contributed by atoms with Crippen LogP contribution in [0.2, 0.25) is 0 Å². The van der Waals surface area contributed by atoms with E-state index in [4.69, 9.17) is 14.2 Å². The van der Waals surface area contributed by atoms with Gasteiger partial charge in [-0.3, -0.25) is 14.4 Å². The highest BCUT2D eigenvalue weighted by atomic mass is 16.6. The summed E-state index contributed by atoms with van der Waals surface area (Å²) in [6.45, 7) is 6.66. The van der Waals surface area contributed by atoms with Crippen molar-refractivity contribution in [2.75, 3.05) is 13.2 Å². The maximum Gasteiger partial charge on any atom is 0.306 e. The van der Waals surface area contributed by atoms with Crippen LogP contribution in [0, 0.1) is 0 Å². The predicted molar refractivity (Wildman–Crippen MR) is 353 cm³/mol. The van der Waals surface area contributed by atoms with Gasteiger partial charge in [-0.15, -0.1) is 0 Å². The first-order chi connectivity index (χ1) is 40.0. The highest BCUT2D eigenvalue weighted by Gasteiger charge is 2.19. The molecule has 6 heteroatoms. The molecule has 0 amide bonds. The fourth-order valence-corrected chi connectivity index (χ4v) is 10.6. The molecule has 6 nitrogen and oxygen atoms in total. The minimum absolute atomic E-state index is 0.0771. The van der Waals surface area contributed by atoms with Gasteiger partial charge in [-0.05, 0) is 109 Å². The Bertz CT molecular complexity index is 1440. The molecule has 0 aromatic heterocycles. The number of carbonyl (C=O) groups is 3. The van der Waals surface area contributed by atoms with E-state index < -0.39 is 6.10 Å². The van der Waals surface area contributed by atoms with E-state index in [1.165, 1.54) is 263 Å². The number of esters is 3. The summed E-state index contributed by atoms with van der Waals surface area (Å²) >= 11 is 0. The molecule has 0 aliphatic carbocycles. The second kappa shape index (κ2) is 69.6. The van der Waals surface area contributed by atoms with Crippen LogP contribution in [0.15, 0.2) is 60.8 Å². The summed E-state index contributed by atoms with van der Waals surface area (Å²) in [7, 11) is 0. The number of carbonyl (C=O) groups excluding carboxylic acids is 3. The van der Waals surface area contributed by atoms with Gasteiger partial charge in [0.1, 0.15) is 13.2 Å². The topological polar surface area (TPSA) is 78.9 Å². The smallest absolute Gasteiger partial charge is 0.306 e. The molecule has 0 N–H and O–H groups in total. The minimum atomic E-state index is -0.783. The largest absolute Gasteiger partial charge is 0.462 e. The molecule has 0 rings (SSSR count). The van der Waals surface area contributed by atoms with Crippen molar-refractivity contribution in [2.45, 2.75) is 386 Å². The van der Waals surface area contributed by atoms with Gasteiger partial charge >= 0.3 is 17.9 Å². The molecule has 472 valence electrons. The molecule has 0 spiro atoms. The van der Waals surface area contributed by atoms with Gasteiger partial charge in [-0.1, -0.05) is 313 Å². The molecule has 81 heavy (non-hydrogen) atoms. The summed E-state index contributed by atoms with van der Waals surface area (Å²) in [4.78, 5) is 38.5. The number of ether oxygens (including phenoxy) is 3. The Balaban J connectivity index is 4.36. The first-order valence-electron chi connectivity index (χ1n) is 35.8. The van der Waals surface area contributed by atoms with Crippen LogP contribution in [0.1, 0.15) is 380 Å². The van der Waals surface area contributed by atoms with Gasteiger partial charge in [0.25, 0.3) is 0 Å². The SMILES string of the molecule is CCCCC/C=C\C/C=C\C/C=C\CCCCCCCCC(=O)OCC(COC(=O)CCCCCCCCCCCCC/C=C\CCCCCCCCCC)OC(=O)CCCCCCCCCCC/C=C\CCCCCCCCCC. The summed E-state index contributed by atoms with van der Waals surface area (Å²) in [5.41, 5.74) is 0. The number of hydrogen-bond acceptors (Lipinski definition) is 6. The third-order valence-electron chi connectivity index (χ3n) is 16.0. The van der Waals surface area contributed by atoms with Crippen molar-refractivity contribution in [2.24, 2.45) is 0 Å². The predicted octanol–water partition coefficient (Wildman–Crippen LogP) is 24.7. The minimum Gasteiger partial charge on any atom is -0.462 e. The Morgan fingerprint density at radius 1 is 0.247 bits per heavy atom. The molecule has 0 radical (unpaired) electrons. The van der Waals surface area contributed by atoms with Gasteiger partial charge in [0.2, 0.25) is 0 Å². The van der Waals surface area contributed by atoms with Crippen LogP contribution in [-0.2, 0) is 28.6 Å². The third kappa shape index (κ3) is 67.8. The van der Waals surface area contributed by atoms with E-state index in [1.54, 1.807) is 0 Å². The van der Waals surface area contributed by atoms with Gasteiger partial charge in [0.05, 0.1) is 0 Å². The Morgan fingerprint density at radius 3 is 0.728 bits per heavy atom. The summed E-state index contributed by atoms with van der Waals surface area (Å²) in [5, 5.41) is 0. The lowest BCUT2D eigenvalue weighted by molar-refractivity contribution is -0.167. The molecule has 0 saturated carbocycles. The van der Waals surface area contributed by atoms with Crippen LogP contribution in [-0.4, -0.2) is 37.2 Å². The first kappa shape index (κ1) is 78.1. The molecular formula is C75H136O6. The van der Waals surface area contributed by atoms with Crippen molar-refractivity contribution in [3.63, 3.8) is 0 Å². The first-order valence-corrected chi connectivity index (χ1v) is 35.8. The maximum atomic E-state index is 13.0. The molecule has 0 bridgehead atoms. The molecule has 1 atom stereocenters. The molecule has 0 fully saturated rings. The molecule has 1 unspecified atom stereocenters. The van der Waals surface area contributed by atoms with Gasteiger partial charge in [0, 0.05) is 19.3 Å². The lowest BCUT2D eigenvalue weighted by Crippen LogP contribution is -2.30. The molecule has 0 saturated heterocycles. The quantitative estimate of drug-likeness (QED) is 0.0261. The lowest BCUT2D eigenvalue weighted by Gasteiger charge is -2.18. The average molecular weight is 1130 g/mol. The van der Waals surface area contributed by atoms with E-state index in [0.717, 1.165) is 77.0 Å². The normalized spacial score (nSPS) is 12.4. The third-order valence-corrected chi connectivity index (χ3v) is 16.0. The van der Waals surface area contributed by atoms with E-state index >= 15 is 0 Å². The molecular weight excluding hydrogens is 997 g/mol. The fourth-order valence-electron chi connectivity index (χ4n) is 10.6. The molecule has 0 heterocycles. The van der Waals surface area contributed by atoms with Crippen molar-refractivity contribution in [1.29, 1.82) is 0 Å². The average Bonchev–Trinajstić information content (AvgIpc) is 3.47. The van der Waals surface area contributed by atoms with E-state index in [2.05, 4.69) is 81.5 Å². The standard InChI is InChI=1S/C75H136O6/c1-4-7-10-13-16-19-22-25-28-31-34-36-37-39-41-44-47-50-53-56-59-62-65-68-74(77)80-71-72(70-79-73(76)67-64-61-58-55-52-49-46-43-40-33-30-27-24-21-18-15-12-9-6-3)81-75(78)69-66-63-60-57-54-51-48-45-42-38-35-32-29-26-23-20-17-14-11-8-5-2/h18,21,27,30-32,34-35,40,43,72H,4-17,19-20,22-26,28-29,33,36-39,41-42,44-71H2,1-3H3/b21-18-,30-27-,34-31-,35-32-,43-40-. The van der Waals surface area contributed by atoms with Crippen LogP contribution in [0.5, 0.6) is 0 Å². The van der Waals surface area contributed by atoms with Crippen LogP contribution >= 0.6 is 0 Å². The van der Waals surface area contributed by atoms with E-state index in [-0.39, 0.29) is 31.1 Å². The number of unbranched alkanes of at least 4 members (excludes halogenated alkanes) is 45. The second-order valence-electron chi connectivity index (χ2n) is 24.1. The van der Waals surface area contributed by atoms with Crippen LogP contribution < -0.4 is 0 Å². The highest BCUT2D eigenvalue weighted by molar-refractivity contribution is 5.71. The zero-order valence-corrected chi connectivity index (χ0v) is 54.3. The molecule has 0 aliphatic heterocycles. The van der Waals surface area contributed by atoms with Crippen molar-refractivity contribution in [3.05, 3.63) is 60.8 Å². The van der Waals surface area contributed by atoms with Gasteiger partial charge in [0.15, 0.2) is 6.10 Å². The summed E-state index contributed by atoms with van der Waals surface area (Å²) in [5.74, 6) is -0.869. The Hall–Kier alpha value is -2.89. The summed E-state index contributed by atoms with van der Waals surface area (Å²) in [6, 6.07) is 0. The van der Waals surface area contributed by atoms with Gasteiger partial charge in [-0.2, -0.15) is 0 Å². The van der Waals surface area contributed by atoms with Crippen molar-refractivity contribution in [3.8, 4) is 0 Å². The van der Waals surface area contributed by atoms with Crippen molar-refractivity contribution < 1.29 is 28.6 Å². The van der Waals surface area contributed by atoms with Gasteiger partial charge in [-0.25, -0.2) is 0 Å². The highest BCUT2D eigenvalue weighted by Crippen LogP contribution is 2.17. The zero-order valence-electron chi connectivity index (χ0n) is 54.3. The number of hydrogen-bond donors (Lipinski definition) is 0. The zero-order chi connectivity index (χ0) is 58.5. The number of rotatable bonds is 66. The molecule has 0 aromatic rings. The van der Waals surface area contributed by atoms with Crippen LogP contribution in [0.25, 0.3) is 0 Å². The fraction of sp³-hybridized carbons (Fsp3) is 0.827. The van der Waals surface area contributed by atoms with E-state index in [0.29, 0.717) is 19.3 Å². The van der Waals surface area contributed by atoms with E-state index in [9.17, 15) is 14.4 Å². The maximum absolute atomic E-state index is 13.0. The Morgan fingerprint density at radius 2 is 0.444 bits per heavy atom. The monoisotopic (exact) mass is 1130 g/mol. The van der Waals surface area contributed by atoms with E-state index in [1.807, 2.05) is 0 Å². The van der Waals surface area contributed by atoms with Gasteiger partial charge < -0.3 is 14.2 Å². The molecule has 0 aliphatic rings. The van der Waals surface area contributed by atoms with Crippen molar-refractivity contribution in [1.82, 2.24) is 0 Å². The van der Waals surface area contributed by atoms with Crippen LogP contribution in [0.4, 0.5) is 0 Å². The Labute approximate surface area is 504 Å². The Kier molecular flexibility index (Phi) is 67.1. The summed E-state index contributed by atoms with van der Waals surface area (Å²) < 4.78 is 17.0. The lowest BCUT2D eigenvalue weighted by atomic mass is 10.0. The second-order valence-corrected chi connectivity index (χ2v) is 24.1. The van der Waals surface area contributed by atoms with Crippen LogP contribution in [0.3, 0.4) is 0 Å². The summed E-state index contributed by atoms with van der Waals surface area (Å²) in [6.07, 6.45) is 89.5. The molecule has 0 aromatic carbocycles. The van der Waals surface area contributed by atoms with Crippen molar-refractivity contribution >= 4 is 17.9 Å².